The van der Waals surface area contributed by atoms with Crippen LogP contribution in [0.25, 0.3) is 0 Å². The molecule has 0 aromatic carbocycles. The molecule has 13 heavy (non-hydrogen) atoms. The molecule has 1 N–H and O–H groups in total. The van der Waals surface area contributed by atoms with Crippen LogP contribution in [0.1, 0.15) is 34.1 Å². The smallest absolute Gasteiger partial charge is 0.234 e. The number of nitrogens with one attached hydrogen (secondary N) is 1. The number of alkyl halides is 1. The molecule has 0 saturated carbocycles. The van der Waals surface area contributed by atoms with E-state index in [1.165, 1.54) is 0 Å². The second kappa shape index (κ2) is 5.48. The summed E-state index contributed by atoms with van der Waals surface area (Å²) in [5.74, 6) is 0.624. The zero-order valence-electron chi connectivity index (χ0n) is 8.98. The molecule has 0 spiro atoms. The first-order valence-corrected chi connectivity index (χ1v) is 5.23. The molecule has 0 aromatic rings. The van der Waals surface area contributed by atoms with Gasteiger partial charge in [-0.05, 0) is 17.8 Å². The van der Waals surface area contributed by atoms with Crippen molar-refractivity contribution in [2.45, 2.75) is 34.1 Å². The maximum absolute atomic E-state index is 10.9. The molecule has 0 aliphatic rings. The summed E-state index contributed by atoms with van der Waals surface area (Å²) >= 11 is 5.37. The highest BCUT2D eigenvalue weighted by Gasteiger charge is 2.19. The van der Waals surface area contributed by atoms with Crippen molar-refractivity contribution in [2.24, 2.45) is 11.3 Å². The zero-order chi connectivity index (χ0) is 10.5. The van der Waals surface area contributed by atoms with Gasteiger partial charge in [-0.25, -0.2) is 0 Å². The minimum atomic E-state index is -0.0847. The van der Waals surface area contributed by atoms with Crippen LogP contribution in [0.4, 0.5) is 0 Å². The van der Waals surface area contributed by atoms with Gasteiger partial charge in [0.2, 0.25) is 5.91 Å². The lowest BCUT2D eigenvalue weighted by Gasteiger charge is -2.26. The lowest BCUT2D eigenvalue weighted by molar-refractivity contribution is -0.119. The molecule has 0 rings (SSSR count). The second-order valence-electron chi connectivity index (χ2n) is 4.67. The monoisotopic (exact) mass is 205 g/mol. The summed E-state index contributed by atoms with van der Waals surface area (Å²) in [6.45, 7) is 9.38. The third-order valence-electron chi connectivity index (χ3n) is 1.85. The summed E-state index contributed by atoms with van der Waals surface area (Å²) in [5, 5.41) is 2.81. The molecule has 0 radical (unpaired) electrons. The number of carbonyl (C=O) groups excluding carboxylic acids is 1. The van der Waals surface area contributed by atoms with E-state index in [1.807, 2.05) is 0 Å². The first-order chi connectivity index (χ1) is 5.87. The summed E-state index contributed by atoms with van der Waals surface area (Å²) in [4.78, 5) is 10.9. The molecule has 1 amide bonds. The highest BCUT2D eigenvalue weighted by atomic mass is 35.5. The Morgan fingerprint density at radius 1 is 1.46 bits per heavy atom. The third kappa shape index (κ3) is 6.88. The fourth-order valence-corrected chi connectivity index (χ4v) is 1.66. The maximum atomic E-state index is 10.9. The van der Waals surface area contributed by atoms with Gasteiger partial charge in [0.05, 0.1) is 0 Å². The van der Waals surface area contributed by atoms with Crippen LogP contribution in [0.2, 0.25) is 0 Å². The number of carbonyl (C=O) groups is 1. The largest absolute Gasteiger partial charge is 0.355 e. The van der Waals surface area contributed by atoms with Crippen molar-refractivity contribution >= 4 is 17.5 Å². The number of hydrogen-bond donors (Lipinski definition) is 1. The van der Waals surface area contributed by atoms with Gasteiger partial charge >= 0.3 is 0 Å². The van der Waals surface area contributed by atoms with Crippen molar-refractivity contribution in [3.8, 4) is 0 Å². The lowest BCUT2D eigenvalue weighted by Crippen LogP contribution is -2.35. The van der Waals surface area contributed by atoms with Crippen molar-refractivity contribution in [2.75, 3.05) is 12.4 Å². The van der Waals surface area contributed by atoms with Crippen LogP contribution in [0, 0.1) is 11.3 Å². The molecule has 3 heteroatoms. The molecule has 0 heterocycles. The summed E-state index contributed by atoms with van der Waals surface area (Å²) < 4.78 is 0. The van der Waals surface area contributed by atoms with Crippen LogP contribution in [0.5, 0.6) is 0 Å². The van der Waals surface area contributed by atoms with Gasteiger partial charge < -0.3 is 5.32 Å². The Labute approximate surface area is 86.0 Å². The number of rotatable bonds is 5. The Morgan fingerprint density at radius 2 is 2.00 bits per heavy atom. The van der Waals surface area contributed by atoms with E-state index in [0.717, 1.165) is 6.42 Å². The Hall–Kier alpha value is -0.240. The highest BCUT2D eigenvalue weighted by Crippen LogP contribution is 2.23. The Balaban J connectivity index is 3.81. The van der Waals surface area contributed by atoms with Crippen LogP contribution in [-0.4, -0.2) is 18.3 Å². The fourth-order valence-electron chi connectivity index (χ4n) is 1.56. The van der Waals surface area contributed by atoms with Crippen molar-refractivity contribution in [1.82, 2.24) is 5.32 Å². The number of amides is 1. The van der Waals surface area contributed by atoms with Crippen LogP contribution < -0.4 is 5.32 Å². The van der Waals surface area contributed by atoms with Crippen LogP contribution in [0.3, 0.4) is 0 Å². The number of halogens is 1. The molecular formula is C10H20ClNO. The second-order valence-corrected chi connectivity index (χ2v) is 4.94. The van der Waals surface area contributed by atoms with E-state index in [0.29, 0.717) is 12.5 Å². The Bertz CT molecular complexity index is 166. The van der Waals surface area contributed by atoms with Crippen LogP contribution in [0.15, 0.2) is 0 Å². The lowest BCUT2D eigenvalue weighted by atomic mass is 9.84. The van der Waals surface area contributed by atoms with Crippen molar-refractivity contribution < 1.29 is 4.79 Å². The molecule has 0 saturated heterocycles. The van der Waals surface area contributed by atoms with Gasteiger partial charge in [-0.1, -0.05) is 27.7 Å². The molecule has 0 aromatic heterocycles. The van der Waals surface area contributed by atoms with E-state index in [1.54, 1.807) is 0 Å². The predicted octanol–water partition coefficient (Wildman–Crippen LogP) is 2.41. The minimum absolute atomic E-state index is 0.0533. The molecule has 78 valence electrons. The summed E-state index contributed by atoms with van der Waals surface area (Å²) in [5.41, 5.74) is 0.163. The van der Waals surface area contributed by atoms with E-state index in [4.69, 9.17) is 11.6 Å². The van der Waals surface area contributed by atoms with E-state index in [-0.39, 0.29) is 17.2 Å². The number of hydrogen-bond acceptors (Lipinski definition) is 1. The molecule has 0 bridgehead atoms. The Kier molecular flexibility index (Phi) is 5.38. The first kappa shape index (κ1) is 12.8. The van der Waals surface area contributed by atoms with Gasteiger partial charge in [-0.15, -0.1) is 11.6 Å². The van der Waals surface area contributed by atoms with Crippen LogP contribution in [-0.2, 0) is 4.79 Å². The third-order valence-corrected chi connectivity index (χ3v) is 2.09. The first-order valence-electron chi connectivity index (χ1n) is 4.70. The average molecular weight is 206 g/mol. The van der Waals surface area contributed by atoms with Gasteiger partial charge in [0.25, 0.3) is 0 Å². The molecule has 0 aliphatic carbocycles. The van der Waals surface area contributed by atoms with Crippen LogP contribution >= 0.6 is 11.6 Å². The standard InChI is InChI=1S/C10H20ClNO/c1-8(2)5-10(3,4)7-12-9(13)6-11/h8H,5-7H2,1-4H3,(H,12,13). The van der Waals surface area contributed by atoms with Gasteiger partial charge in [0.1, 0.15) is 5.88 Å². The van der Waals surface area contributed by atoms with Gasteiger partial charge in [0, 0.05) is 6.54 Å². The molecule has 0 atom stereocenters. The van der Waals surface area contributed by atoms with E-state index >= 15 is 0 Å². The van der Waals surface area contributed by atoms with E-state index in [9.17, 15) is 4.79 Å². The van der Waals surface area contributed by atoms with E-state index < -0.39 is 0 Å². The van der Waals surface area contributed by atoms with Gasteiger partial charge in [0.15, 0.2) is 0 Å². The maximum Gasteiger partial charge on any atom is 0.234 e. The predicted molar refractivity (Wildman–Crippen MR) is 57.0 cm³/mol. The van der Waals surface area contributed by atoms with Crippen molar-refractivity contribution in [1.29, 1.82) is 0 Å². The van der Waals surface area contributed by atoms with Gasteiger partial charge in [-0.2, -0.15) is 0 Å². The summed E-state index contributed by atoms with van der Waals surface area (Å²) in [6, 6.07) is 0. The fraction of sp³-hybridized carbons (Fsp3) is 0.900. The quantitative estimate of drug-likeness (QED) is 0.687. The Morgan fingerprint density at radius 3 is 2.38 bits per heavy atom. The average Bonchev–Trinajstić information content (AvgIpc) is 1.98. The molecule has 0 fully saturated rings. The zero-order valence-corrected chi connectivity index (χ0v) is 9.74. The van der Waals surface area contributed by atoms with Gasteiger partial charge in [-0.3, -0.25) is 4.79 Å². The molecule has 0 aliphatic heterocycles. The summed E-state index contributed by atoms with van der Waals surface area (Å²) in [6.07, 6.45) is 1.11. The van der Waals surface area contributed by atoms with Crippen molar-refractivity contribution in [3.63, 3.8) is 0 Å². The SMILES string of the molecule is CC(C)CC(C)(C)CNC(=O)CCl. The minimum Gasteiger partial charge on any atom is -0.355 e. The van der Waals surface area contributed by atoms with Crippen molar-refractivity contribution in [3.05, 3.63) is 0 Å². The van der Waals surface area contributed by atoms with E-state index in [2.05, 4.69) is 33.0 Å². The molecule has 2 nitrogen and oxygen atoms in total. The molecular weight excluding hydrogens is 186 g/mol. The normalized spacial score (nSPS) is 11.8. The summed E-state index contributed by atoms with van der Waals surface area (Å²) in [7, 11) is 0. The molecule has 0 unspecified atom stereocenters. The highest BCUT2D eigenvalue weighted by molar-refractivity contribution is 6.27. The topological polar surface area (TPSA) is 29.1 Å².